The largest absolute Gasteiger partial charge is 0.465 e. The summed E-state index contributed by atoms with van der Waals surface area (Å²) in [5, 5.41) is 0. The number of hydrogen-bond acceptors (Lipinski definition) is 3. The van der Waals surface area contributed by atoms with Crippen LogP contribution >= 0.6 is 0 Å². The third-order valence-corrected chi connectivity index (χ3v) is 2.72. The molecule has 0 unspecified atom stereocenters. The van der Waals surface area contributed by atoms with E-state index in [9.17, 15) is 14.0 Å². The Labute approximate surface area is 109 Å². The van der Waals surface area contributed by atoms with Crippen LogP contribution < -0.4 is 0 Å². The number of aldehydes is 1. The Bertz CT molecular complexity index is 635. The van der Waals surface area contributed by atoms with Crippen LogP contribution in [0.4, 0.5) is 4.39 Å². The Morgan fingerprint density at radius 1 is 1.21 bits per heavy atom. The van der Waals surface area contributed by atoms with Crippen molar-refractivity contribution in [1.82, 2.24) is 0 Å². The molecule has 0 radical (unpaired) electrons. The first kappa shape index (κ1) is 13.0. The van der Waals surface area contributed by atoms with Crippen molar-refractivity contribution in [2.24, 2.45) is 0 Å². The zero-order chi connectivity index (χ0) is 13.8. The van der Waals surface area contributed by atoms with Crippen LogP contribution in [0.2, 0.25) is 0 Å². The highest BCUT2D eigenvalue weighted by atomic mass is 19.1. The van der Waals surface area contributed by atoms with Crippen molar-refractivity contribution >= 4 is 12.3 Å². The van der Waals surface area contributed by atoms with E-state index in [0.717, 1.165) is 0 Å². The third kappa shape index (κ3) is 2.68. The molecular weight excluding hydrogens is 247 g/mol. The molecule has 2 rings (SSSR count). The zero-order valence-electron chi connectivity index (χ0n) is 10.2. The predicted molar refractivity (Wildman–Crippen MR) is 68.6 cm³/mol. The number of halogens is 1. The predicted octanol–water partition coefficient (Wildman–Crippen LogP) is 3.09. The topological polar surface area (TPSA) is 43.4 Å². The second-order valence-corrected chi connectivity index (χ2v) is 3.93. The zero-order valence-corrected chi connectivity index (χ0v) is 10.2. The summed E-state index contributed by atoms with van der Waals surface area (Å²) in [6, 6.07) is 10.5. The monoisotopic (exact) mass is 258 g/mol. The molecule has 0 aliphatic carbocycles. The van der Waals surface area contributed by atoms with Crippen LogP contribution in [0.3, 0.4) is 0 Å². The number of esters is 1. The van der Waals surface area contributed by atoms with Crippen molar-refractivity contribution in [2.45, 2.75) is 0 Å². The number of carbonyl (C=O) groups is 2. The summed E-state index contributed by atoms with van der Waals surface area (Å²) in [7, 11) is 1.26. The third-order valence-electron chi connectivity index (χ3n) is 2.72. The van der Waals surface area contributed by atoms with Gasteiger partial charge >= 0.3 is 5.97 Å². The molecule has 0 aliphatic heterocycles. The fourth-order valence-corrected chi connectivity index (χ4v) is 1.77. The van der Waals surface area contributed by atoms with Gasteiger partial charge in [-0.1, -0.05) is 18.2 Å². The second kappa shape index (κ2) is 5.44. The van der Waals surface area contributed by atoms with Crippen LogP contribution in [-0.4, -0.2) is 19.4 Å². The van der Waals surface area contributed by atoms with Gasteiger partial charge in [0.2, 0.25) is 0 Å². The Morgan fingerprint density at radius 3 is 2.68 bits per heavy atom. The Morgan fingerprint density at radius 2 is 2.00 bits per heavy atom. The van der Waals surface area contributed by atoms with E-state index in [2.05, 4.69) is 4.74 Å². The number of methoxy groups -OCH3 is 1. The molecule has 0 fully saturated rings. The molecule has 0 amide bonds. The molecule has 2 aromatic carbocycles. The standard InChI is InChI=1S/C15H11FO3/c1-19-15(18)12-5-6-14(16)13(8-12)11-4-2-3-10(7-11)9-17/h2-9H,1H3. The fourth-order valence-electron chi connectivity index (χ4n) is 1.77. The van der Waals surface area contributed by atoms with Gasteiger partial charge in [-0.3, -0.25) is 4.79 Å². The quantitative estimate of drug-likeness (QED) is 0.627. The van der Waals surface area contributed by atoms with Crippen molar-refractivity contribution in [1.29, 1.82) is 0 Å². The number of rotatable bonds is 3. The number of ether oxygens (including phenoxy) is 1. The highest BCUT2D eigenvalue weighted by Gasteiger charge is 2.11. The molecule has 2 aromatic rings. The van der Waals surface area contributed by atoms with Gasteiger partial charge < -0.3 is 4.74 Å². The Kier molecular flexibility index (Phi) is 3.71. The molecule has 0 N–H and O–H groups in total. The minimum atomic E-state index is -0.534. The minimum absolute atomic E-state index is 0.256. The first-order chi connectivity index (χ1) is 9.15. The summed E-state index contributed by atoms with van der Waals surface area (Å²) in [6.45, 7) is 0. The van der Waals surface area contributed by atoms with E-state index in [-0.39, 0.29) is 11.1 Å². The molecule has 96 valence electrons. The first-order valence-corrected chi connectivity index (χ1v) is 5.59. The minimum Gasteiger partial charge on any atom is -0.465 e. The van der Waals surface area contributed by atoms with Gasteiger partial charge in [-0.25, -0.2) is 9.18 Å². The highest BCUT2D eigenvalue weighted by Crippen LogP contribution is 2.25. The lowest BCUT2D eigenvalue weighted by Gasteiger charge is -2.06. The molecule has 0 heterocycles. The van der Waals surface area contributed by atoms with Crippen LogP contribution in [-0.2, 0) is 4.74 Å². The maximum atomic E-state index is 13.8. The Hall–Kier alpha value is -2.49. The summed E-state index contributed by atoms with van der Waals surface area (Å²) in [6.07, 6.45) is 0.686. The van der Waals surface area contributed by atoms with E-state index >= 15 is 0 Å². The van der Waals surface area contributed by atoms with Crippen molar-refractivity contribution in [3.8, 4) is 11.1 Å². The summed E-state index contributed by atoms with van der Waals surface area (Å²) < 4.78 is 18.4. The van der Waals surface area contributed by atoms with E-state index in [1.807, 2.05) is 0 Å². The molecule has 3 nitrogen and oxygen atoms in total. The van der Waals surface area contributed by atoms with Crippen LogP contribution in [0.5, 0.6) is 0 Å². The molecule has 19 heavy (non-hydrogen) atoms. The normalized spacial score (nSPS) is 10.0. The fraction of sp³-hybridized carbons (Fsp3) is 0.0667. The lowest BCUT2D eigenvalue weighted by Crippen LogP contribution is -2.02. The number of benzene rings is 2. The molecule has 4 heteroatoms. The van der Waals surface area contributed by atoms with Gasteiger partial charge in [0.05, 0.1) is 12.7 Å². The summed E-state index contributed by atoms with van der Waals surface area (Å²) in [5.41, 5.74) is 1.50. The first-order valence-electron chi connectivity index (χ1n) is 5.59. The summed E-state index contributed by atoms with van der Waals surface area (Å²) in [5.74, 6) is -0.997. The van der Waals surface area contributed by atoms with E-state index in [4.69, 9.17) is 0 Å². The van der Waals surface area contributed by atoms with Gasteiger partial charge in [0.1, 0.15) is 12.1 Å². The molecule has 0 saturated heterocycles. The van der Waals surface area contributed by atoms with E-state index in [1.165, 1.54) is 25.3 Å². The molecule has 0 spiro atoms. The van der Waals surface area contributed by atoms with Crippen LogP contribution in [0.1, 0.15) is 20.7 Å². The molecule has 0 aliphatic rings. The van der Waals surface area contributed by atoms with Crippen LogP contribution in [0, 0.1) is 5.82 Å². The van der Waals surface area contributed by atoms with E-state index < -0.39 is 11.8 Å². The van der Waals surface area contributed by atoms with Crippen molar-refractivity contribution in [3.05, 3.63) is 59.4 Å². The number of hydrogen-bond donors (Lipinski definition) is 0. The average Bonchev–Trinajstić information content (AvgIpc) is 2.47. The maximum Gasteiger partial charge on any atom is 0.337 e. The number of carbonyl (C=O) groups excluding carboxylic acids is 2. The summed E-state index contributed by atoms with van der Waals surface area (Å²) >= 11 is 0. The van der Waals surface area contributed by atoms with Gasteiger partial charge in [-0.05, 0) is 29.8 Å². The lowest BCUT2D eigenvalue weighted by molar-refractivity contribution is 0.0600. The van der Waals surface area contributed by atoms with Gasteiger partial charge in [0, 0.05) is 11.1 Å². The summed E-state index contributed by atoms with van der Waals surface area (Å²) in [4.78, 5) is 22.2. The molecule has 0 atom stereocenters. The lowest BCUT2D eigenvalue weighted by atomic mass is 10.0. The van der Waals surface area contributed by atoms with Gasteiger partial charge in [-0.15, -0.1) is 0 Å². The van der Waals surface area contributed by atoms with Crippen molar-refractivity contribution in [2.75, 3.05) is 7.11 Å². The molecule has 0 aromatic heterocycles. The Balaban J connectivity index is 2.54. The van der Waals surface area contributed by atoms with Gasteiger partial charge in [-0.2, -0.15) is 0 Å². The van der Waals surface area contributed by atoms with Crippen LogP contribution in [0.25, 0.3) is 11.1 Å². The van der Waals surface area contributed by atoms with Crippen LogP contribution in [0.15, 0.2) is 42.5 Å². The maximum absolute atomic E-state index is 13.8. The van der Waals surface area contributed by atoms with E-state index in [0.29, 0.717) is 17.4 Å². The molecular formula is C15H11FO3. The molecule has 0 saturated carbocycles. The molecule has 0 bridgehead atoms. The van der Waals surface area contributed by atoms with E-state index in [1.54, 1.807) is 24.3 Å². The SMILES string of the molecule is COC(=O)c1ccc(F)c(-c2cccc(C=O)c2)c1. The smallest absolute Gasteiger partial charge is 0.337 e. The second-order valence-electron chi connectivity index (χ2n) is 3.93. The highest BCUT2D eigenvalue weighted by molar-refractivity contribution is 5.91. The van der Waals surface area contributed by atoms with Crippen molar-refractivity contribution in [3.63, 3.8) is 0 Å². The van der Waals surface area contributed by atoms with Crippen molar-refractivity contribution < 1.29 is 18.7 Å². The van der Waals surface area contributed by atoms with Gasteiger partial charge in [0.25, 0.3) is 0 Å². The average molecular weight is 258 g/mol. The van der Waals surface area contributed by atoms with Gasteiger partial charge in [0.15, 0.2) is 0 Å².